The van der Waals surface area contributed by atoms with Crippen LogP contribution in [0.25, 0.3) is 22.4 Å². The minimum Gasteiger partial charge on any atom is -0.346 e. The van der Waals surface area contributed by atoms with Crippen LogP contribution in [0.3, 0.4) is 0 Å². The van der Waals surface area contributed by atoms with Gasteiger partial charge in [-0.3, -0.25) is 4.79 Å². The van der Waals surface area contributed by atoms with Crippen LogP contribution in [0.1, 0.15) is 38.0 Å². The van der Waals surface area contributed by atoms with Crippen LogP contribution in [-0.4, -0.2) is 26.0 Å². The highest BCUT2D eigenvalue weighted by Crippen LogP contribution is 2.23. The molecule has 28 heavy (non-hydrogen) atoms. The number of benzene rings is 1. The molecule has 0 spiro atoms. The SMILES string of the molecule is CC(C)C(NC(=O)CCc1nc(-c2ccsc2)no1)c1nc2ccccc2[nH]1. The molecular weight excluding hydrogens is 374 g/mol. The van der Waals surface area contributed by atoms with E-state index in [1.807, 2.05) is 41.1 Å². The predicted molar refractivity (Wildman–Crippen MR) is 108 cm³/mol. The van der Waals surface area contributed by atoms with E-state index in [2.05, 4.69) is 39.3 Å². The van der Waals surface area contributed by atoms with E-state index in [1.54, 1.807) is 11.3 Å². The van der Waals surface area contributed by atoms with Gasteiger partial charge in [0.1, 0.15) is 5.82 Å². The maximum Gasteiger partial charge on any atom is 0.227 e. The molecule has 2 N–H and O–H groups in total. The molecular formula is C20H21N5O2S. The van der Waals surface area contributed by atoms with E-state index in [9.17, 15) is 4.79 Å². The maximum atomic E-state index is 12.5. The Hall–Kier alpha value is -3.00. The Kier molecular flexibility index (Phi) is 5.21. The Morgan fingerprint density at radius 3 is 2.86 bits per heavy atom. The molecule has 0 radical (unpaired) electrons. The fourth-order valence-corrected chi connectivity index (χ4v) is 3.64. The molecule has 1 unspecified atom stereocenters. The first-order valence-corrected chi connectivity index (χ1v) is 10.1. The summed E-state index contributed by atoms with van der Waals surface area (Å²) in [4.78, 5) is 24.8. The first kappa shape index (κ1) is 18.4. The zero-order chi connectivity index (χ0) is 19.5. The van der Waals surface area contributed by atoms with Crippen LogP contribution in [0.15, 0.2) is 45.6 Å². The number of carbonyl (C=O) groups excluding carboxylic acids is 1. The summed E-state index contributed by atoms with van der Waals surface area (Å²) < 4.78 is 5.26. The molecule has 1 amide bonds. The quantitative estimate of drug-likeness (QED) is 0.491. The second-order valence-electron chi connectivity index (χ2n) is 6.95. The monoisotopic (exact) mass is 395 g/mol. The number of amides is 1. The van der Waals surface area contributed by atoms with E-state index in [4.69, 9.17) is 4.52 Å². The van der Waals surface area contributed by atoms with E-state index < -0.39 is 0 Å². The Balaban J connectivity index is 1.40. The van der Waals surface area contributed by atoms with Crippen molar-refractivity contribution in [3.63, 3.8) is 0 Å². The number of imidazole rings is 1. The van der Waals surface area contributed by atoms with Crippen molar-refractivity contribution in [3.8, 4) is 11.4 Å². The second-order valence-corrected chi connectivity index (χ2v) is 7.73. The average Bonchev–Trinajstić information content (AvgIpc) is 3.43. The summed E-state index contributed by atoms with van der Waals surface area (Å²) in [7, 11) is 0. The number of H-pyrrole nitrogens is 1. The number of hydrogen-bond acceptors (Lipinski definition) is 6. The van der Waals surface area contributed by atoms with E-state index in [0.29, 0.717) is 18.1 Å². The molecule has 0 bridgehead atoms. The number of nitrogens with zero attached hydrogens (tertiary/aromatic N) is 3. The summed E-state index contributed by atoms with van der Waals surface area (Å²) in [5.41, 5.74) is 2.78. The number of nitrogens with one attached hydrogen (secondary N) is 2. The summed E-state index contributed by atoms with van der Waals surface area (Å²) in [6.07, 6.45) is 0.669. The van der Waals surface area contributed by atoms with Gasteiger partial charge in [0.15, 0.2) is 0 Å². The van der Waals surface area contributed by atoms with Gasteiger partial charge in [0.25, 0.3) is 0 Å². The fourth-order valence-electron chi connectivity index (χ4n) is 3.00. The number of aromatic nitrogens is 4. The Labute approximate surface area is 166 Å². The van der Waals surface area contributed by atoms with Crippen molar-refractivity contribution in [1.82, 2.24) is 25.4 Å². The molecule has 3 aromatic heterocycles. The first-order chi connectivity index (χ1) is 13.6. The summed E-state index contributed by atoms with van der Waals surface area (Å²) in [6.45, 7) is 4.12. The average molecular weight is 395 g/mol. The molecule has 7 nitrogen and oxygen atoms in total. The fraction of sp³-hybridized carbons (Fsp3) is 0.300. The van der Waals surface area contributed by atoms with Crippen LogP contribution < -0.4 is 5.32 Å². The smallest absolute Gasteiger partial charge is 0.227 e. The van der Waals surface area contributed by atoms with Crippen molar-refractivity contribution in [2.45, 2.75) is 32.7 Å². The Morgan fingerprint density at radius 2 is 2.11 bits per heavy atom. The van der Waals surface area contributed by atoms with Gasteiger partial charge in [0, 0.05) is 23.8 Å². The molecule has 4 aromatic rings. The molecule has 4 rings (SSSR count). The number of aromatic amines is 1. The van der Waals surface area contributed by atoms with Gasteiger partial charge in [-0.2, -0.15) is 16.3 Å². The summed E-state index contributed by atoms with van der Waals surface area (Å²) in [5, 5.41) is 11.0. The minimum absolute atomic E-state index is 0.0746. The van der Waals surface area contributed by atoms with E-state index in [0.717, 1.165) is 22.4 Å². The van der Waals surface area contributed by atoms with Gasteiger partial charge in [-0.05, 0) is 29.5 Å². The molecule has 0 saturated carbocycles. The number of para-hydroxylation sites is 2. The number of rotatable bonds is 7. The molecule has 0 aliphatic carbocycles. The molecule has 1 atom stereocenters. The highest BCUT2D eigenvalue weighted by molar-refractivity contribution is 7.08. The molecule has 8 heteroatoms. The van der Waals surface area contributed by atoms with Gasteiger partial charge < -0.3 is 14.8 Å². The topological polar surface area (TPSA) is 96.7 Å². The number of carbonyl (C=O) groups is 1. The van der Waals surface area contributed by atoms with Crippen LogP contribution in [-0.2, 0) is 11.2 Å². The normalized spacial score (nSPS) is 12.5. The lowest BCUT2D eigenvalue weighted by Crippen LogP contribution is -2.32. The van der Waals surface area contributed by atoms with Crippen molar-refractivity contribution in [1.29, 1.82) is 0 Å². The molecule has 0 fully saturated rings. The van der Waals surface area contributed by atoms with Gasteiger partial charge in [-0.25, -0.2) is 4.98 Å². The zero-order valence-corrected chi connectivity index (χ0v) is 16.5. The van der Waals surface area contributed by atoms with Crippen molar-refractivity contribution in [2.75, 3.05) is 0 Å². The standard InChI is InChI=1S/C20H21N5O2S/c1-12(2)18(20-21-14-5-3-4-6-15(14)22-20)23-16(26)7-8-17-24-19(25-27-17)13-9-10-28-11-13/h3-6,9-12,18H,7-8H2,1-2H3,(H,21,22)(H,23,26). The highest BCUT2D eigenvalue weighted by atomic mass is 32.1. The molecule has 0 aliphatic heterocycles. The molecule has 0 saturated heterocycles. The number of fused-ring (bicyclic) bond motifs is 1. The van der Waals surface area contributed by atoms with Gasteiger partial charge in [0.2, 0.25) is 17.6 Å². The van der Waals surface area contributed by atoms with E-state index in [1.165, 1.54) is 0 Å². The third-order valence-corrected chi connectivity index (χ3v) is 5.18. The Morgan fingerprint density at radius 1 is 1.25 bits per heavy atom. The van der Waals surface area contributed by atoms with Crippen molar-refractivity contribution < 1.29 is 9.32 Å². The molecule has 3 heterocycles. The third kappa shape index (κ3) is 3.96. The van der Waals surface area contributed by atoms with Gasteiger partial charge in [0.05, 0.1) is 17.1 Å². The molecule has 0 aliphatic rings. The lowest BCUT2D eigenvalue weighted by molar-refractivity contribution is -0.122. The lowest BCUT2D eigenvalue weighted by atomic mass is 10.0. The van der Waals surface area contributed by atoms with Crippen molar-refractivity contribution in [3.05, 3.63) is 52.8 Å². The van der Waals surface area contributed by atoms with Crippen LogP contribution in [0.5, 0.6) is 0 Å². The van der Waals surface area contributed by atoms with E-state index in [-0.39, 0.29) is 24.3 Å². The van der Waals surface area contributed by atoms with Gasteiger partial charge in [-0.1, -0.05) is 31.1 Å². The maximum absolute atomic E-state index is 12.5. The van der Waals surface area contributed by atoms with E-state index >= 15 is 0 Å². The highest BCUT2D eigenvalue weighted by Gasteiger charge is 2.22. The lowest BCUT2D eigenvalue weighted by Gasteiger charge is -2.20. The summed E-state index contributed by atoms with van der Waals surface area (Å²) in [6, 6.07) is 9.59. The van der Waals surface area contributed by atoms with Crippen LogP contribution in [0.2, 0.25) is 0 Å². The largest absolute Gasteiger partial charge is 0.346 e. The first-order valence-electron chi connectivity index (χ1n) is 9.19. The molecule has 1 aromatic carbocycles. The van der Waals surface area contributed by atoms with Crippen molar-refractivity contribution in [2.24, 2.45) is 5.92 Å². The summed E-state index contributed by atoms with van der Waals surface area (Å²) >= 11 is 1.58. The van der Waals surface area contributed by atoms with Crippen LogP contribution in [0.4, 0.5) is 0 Å². The Bertz CT molecular complexity index is 1030. The van der Waals surface area contributed by atoms with Gasteiger partial charge in [-0.15, -0.1) is 0 Å². The second kappa shape index (κ2) is 7.93. The summed E-state index contributed by atoms with van der Waals surface area (Å²) in [5.74, 6) is 1.90. The van der Waals surface area contributed by atoms with Crippen molar-refractivity contribution >= 4 is 28.3 Å². The minimum atomic E-state index is -0.191. The zero-order valence-electron chi connectivity index (χ0n) is 15.7. The predicted octanol–water partition coefficient (Wildman–Crippen LogP) is 4.12. The van der Waals surface area contributed by atoms with Crippen LogP contribution in [0, 0.1) is 5.92 Å². The molecule has 144 valence electrons. The van der Waals surface area contributed by atoms with Crippen LogP contribution >= 0.6 is 11.3 Å². The third-order valence-electron chi connectivity index (χ3n) is 4.50. The number of thiophene rings is 1. The van der Waals surface area contributed by atoms with Gasteiger partial charge >= 0.3 is 0 Å². The number of aryl methyl sites for hydroxylation is 1. The number of hydrogen-bond donors (Lipinski definition) is 2.